The zero-order chi connectivity index (χ0) is 29.5. The lowest BCUT2D eigenvalue weighted by Crippen LogP contribution is -2.39. The van der Waals surface area contributed by atoms with Crippen molar-refractivity contribution >= 4 is 29.1 Å². The lowest BCUT2D eigenvalue weighted by Gasteiger charge is -2.38. The molecule has 0 N–H and O–H groups in total. The van der Waals surface area contributed by atoms with E-state index in [9.17, 15) is 19.7 Å². The van der Waals surface area contributed by atoms with Crippen LogP contribution in [0.15, 0.2) is 112 Å². The second-order valence-electron chi connectivity index (χ2n) is 9.16. The Balaban J connectivity index is 2.10. The molecule has 210 valence electrons. The topological polar surface area (TPSA) is 111 Å². The van der Waals surface area contributed by atoms with Crippen LogP contribution in [-0.4, -0.2) is 40.8 Å². The van der Waals surface area contributed by atoms with Gasteiger partial charge in [-0.3, -0.25) is 10.1 Å². The molecule has 0 aliphatic carbocycles. The molecule has 0 amide bonds. The number of carbonyl (C=O) groups excluding carboxylic acids is 2. The highest BCUT2D eigenvalue weighted by Gasteiger charge is 2.44. The number of nitrogens with zero attached hydrogens (tertiary/aromatic N) is 3. The summed E-state index contributed by atoms with van der Waals surface area (Å²) >= 11 is 0. The van der Waals surface area contributed by atoms with Crippen molar-refractivity contribution in [3.05, 3.63) is 129 Å². The second-order valence-corrected chi connectivity index (χ2v) is 9.16. The van der Waals surface area contributed by atoms with Crippen LogP contribution in [0.2, 0.25) is 0 Å². The van der Waals surface area contributed by atoms with Gasteiger partial charge in [-0.1, -0.05) is 66.7 Å². The van der Waals surface area contributed by atoms with Gasteiger partial charge in [0.1, 0.15) is 5.84 Å². The van der Waals surface area contributed by atoms with Gasteiger partial charge in [-0.25, -0.2) is 14.6 Å². The molecule has 4 rings (SSSR count). The van der Waals surface area contributed by atoms with Gasteiger partial charge >= 0.3 is 11.9 Å². The number of hydrogen-bond donors (Lipinski definition) is 0. The maximum atomic E-state index is 13.7. The molecule has 3 aromatic carbocycles. The largest absolute Gasteiger partial charge is 0.463 e. The summed E-state index contributed by atoms with van der Waals surface area (Å²) in [6.07, 6.45) is 0. The van der Waals surface area contributed by atoms with Crippen molar-refractivity contribution in [3.8, 4) is 0 Å². The molecule has 3 aromatic rings. The van der Waals surface area contributed by atoms with Crippen molar-refractivity contribution in [1.82, 2.24) is 4.90 Å². The van der Waals surface area contributed by atoms with E-state index in [0.717, 1.165) is 5.56 Å². The molecule has 0 bridgehead atoms. The molecule has 0 saturated carbocycles. The van der Waals surface area contributed by atoms with E-state index in [1.807, 2.05) is 60.7 Å². The molecule has 0 radical (unpaired) electrons. The van der Waals surface area contributed by atoms with Crippen LogP contribution in [0.3, 0.4) is 0 Å². The zero-order valence-electron chi connectivity index (χ0n) is 23.4. The van der Waals surface area contributed by atoms with E-state index in [4.69, 9.17) is 14.5 Å². The summed E-state index contributed by atoms with van der Waals surface area (Å²) in [7, 11) is 0. The lowest BCUT2D eigenvalue weighted by atomic mass is 9.79. The fourth-order valence-electron chi connectivity index (χ4n) is 4.99. The molecule has 0 spiro atoms. The van der Waals surface area contributed by atoms with E-state index in [1.165, 1.54) is 12.1 Å². The predicted molar refractivity (Wildman–Crippen MR) is 155 cm³/mol. The Morgan fingerprint density at radius 3 is 1.80 bits per heavy atom. The number of carbonyl (C=O) groups is 2. The summed E-state index contributed by atoms with van der Waals surface area (Å²) in [5, 5.41) is 12.1. The molecule has 1 aliphatic rings. The third-order valence-electron chi connectivity index (χ3n) is 6.70. The van der Waals surface area contributed by atoms with Gasteiger partial charge in [0.15, 0.2) is 0 Å². The fraction of sp³-hybridized carbons (Fsp3) is 0.219. The second kappa shape index (κ2) is 12.9. The minimum atomic E-state index is -1.11. The number of para-hydroxylation sites is 2. The van der Waals surface area contributed by atoms with Gasteiger partial charge in [-0.15, -0.1) is 0 Å². The van der Waals surface area contributed by atoms with Crippen molar-refractivity contribution < 1.29 is 24.0 Å². The first-order valence-electron chi connectivity index (χ1n) is 13.3. The Morgan fingerprint density at radius 2 is 1.29 bits per heavy atom. The molecular weight excluding hydrogens is 522 g/mol. The van der Waals surface area contributed by atoms with Crippen LogP contribution in [-0.2, 0) is 19.1 Å². The Morgan fingerprint density at radius 1 is 0.805 bits per heavy atom. The zero-order valence-corrected chi connectivity index (χ0v) is 23.4. The number of nitro benzene ring substituents is 1. The number of rotatable bonds is 8. The van der Waals surface area contributed by atoms with Crippen LogP contribution in [0, 0.1) is 10.1 Å². The molecule has 9 heteroatoms. The predicted octanol–water partition coefficient (Wildman–Crippen LogP) is 6.45. The molecule has 9 nitrogen and oxygen atoms in total. The van der Waals surface area contributed by atoms with E-state index in [1.54, 1.807) is 44.7 Å². The smallest absolute Gasteiger partial charge is 0.336 e. The van der Waals surface area contributed by atoms with Crippen LogP contribution in [0.5, 0.6) is 0 Å². The van der Waals surface area contributed by atoms with Crippen LogP contribution >= 0.6 is 0 Å². The van der Waals surface area contributed by atoms with Crippen LogP contribution in [0.4, 0.5) is 11.4 Å². The Bertz CT molecular complexity index is 1500. The van der Waals surface area contributed by atoms with Crippen molar-refractivity contribution in [1.29, 1.82) is 0 Å². The number of nitro groups is 1. The molecule has 0 aromatic heterocycles. The molecule has 0 saturated heterocycles. The van der Waals surface area contributed by atoms with Gasteiger partial charge in [0.25, 0.3) is 5.69 Å². The van der Waals surface area contributed by atoms with Crippen LogP contribution in [0.25, 0.3) is 0 Å². The minimum Gasteiger partial charge on any atom is -0.463 e. The van der Waals surface area contributed by atoms with Gasteiger partial charge in [0, 0.05) is 28.6 Å². The first-order chi connectivity index (χ1) is 19.8. The summed E-state index contributed by atoms with van der Waals surface area (Å²) in [4.78, 5) is 45.6. The molecule has 0 fully saturated rings. The lowest BCUT2D eigenvalue weighted by molar-refractivity contribution is -0.385. The van der Waals surface area contributed by atoms with Crippen molar-refractivity contribution in [2.45, 2.75) is 33.6 Å². The number of allylic oxidation sites excluding steroid dienone is 2. The van der Waals surface area contributed by atoms with E-state index < -0.39 is 22.8 Å². The molecule has 0 atom stereocenters. The standard InChI is InChI=1S/C32H31N3O6/c1-5-40-31(36)27-21(3)34(30(23-15-9-7-10-16-23)33-24-17-11-8-12-18-24)22(4)28(32(37)41-6-2)29(27)25-19-13-14-20-26(25)35(38)39/h7-20,29H,5-6H2,1-4H3. The monoisotopic (exact) mass is 553 g/mol. The Labute approximate surface area is 238 Å². The first kappa shape index (κ1) is 28.9. The van der Waals surface area contributed by atoms with Crippen LogP contribution in [0.1, 0.15) is 44.7 Å². The summed E-state index contributed by atoms with van der Waals surface area (Å²) < 4.78 is 10.9. The quantitative estimate of drug-likeness (QED) is 0.104. The maximum absolute atomic E-state index is 13.7. The minimum absolute atomic E-state index is 0.0697. The summed E-state index contributed by atoms with van der Waals surface area (Å²) in [6, 6.07) is 24.8. The first-order valence-corrected chi connectivity index (χ1v) is 13.3. The van der Waals surface area contributed by atoms with E-state index in [0.29, 0.717) is 22.9 Å². The Kier molecular flexibility index (Phi) is 9.08. The molecule has 1 heterocycles. The number of benzene rings is 3. The number of ether oxygens (including phenoxy) is 2. The molecule has 1 aliphatic heterocycles. The third kappa shape index (κ3) is 5.94. The van der Waals surface area contributed by atoms with Gasteiger partial charge in [-0.05, 0) is 39.8 Å². The number of aliphatic imine (C=N–C) groups is 1. The van der Waals surface area contributed by atoms with Crippen LogP contribution < -0.4 is 0 Å². The average molecular weight is 554 g/mol. The normalized spacial score (nSPS) is 14.2. The highest BCUT2D eigenvalue weighted by molar-refractivity contribution is 6.07. The van der Waals surface area contributed by atoms with E-state index in [-0.39, 0.29) is 35.6 Å². The molecule has 0 unspecified atom stereocenters. The van der Waals surface area contributed by atoms with Crippen molar-refractivity contribution in [3.63, 3.8) is 0 Å². The van der Waals surface area contributed by atoms with E-state index in [2.05, 4.69) is 0 Å². The highest BCUT2D eigenvalue weighted by atomic mass is 16.6. The highest BCUT2D eigenvalue weighted by Crippen LogP contribution is 2.46. The SMILES string of the molecule is CCOC(=O)C1=C(C)N(C(=Nc2ccccc2)c2ccccc2)C(C)=C(C(=O)OCC)C1c1ccccc1[N+](=O)[O-]. The van der Waals surface area contributed by atoms with Gasteiger partial charge in [0.05, 0.1) is 40.9 Å². The summed E-state index contributed by atoms with van der Waals surface area (Å²) in [5.74, 6) is -2.05. The summed E-state index contributed by atoms with van der Waals surface area (Å²) in [5.41, 5.74) is 2.37. The number of amidine groups is 1. The van der Waals surface area contributed by atoms with Crippen molar-refractivity contribution in [2.24, 2.45) is 4.99 Å². The van der Waals surface area contributed by atoms with Gasteiger partial charge in [0.2, 0.25) is 0 Å². The van der Waals surface area contributed by atoms with Gasteiger partial charge in [-0.2, -0.15) is 0 Å². The number of hydrogen-bond acceptors (Lipinski definition) is 7. The van der Waals surface area contributed by atoms with Crippen molar-refractivity contribution in [2.75, 3.05) is 13.2 Å². The maximum Gasteiger partial charge on any atom is 0.336 e. The molecule has 41 heavy (non-hydrogen) atoms. The Hall–Kier alpha value is -5.05. The number of esters is 2. The van der Waals surface area contributed by atoms with Gasteiger partial charge < -0.3 is 14.4 Å². The molecular formula is C32H31N3O6. The average Bonchev–Trinajstić information content (AvgIpc) is 2.97. The summed E-state index contributed by atoms with van der Waals surface area (Å²) in [6.45, 7) is 6.94. The third-order valence-corrected chi connectivity index (χ3v) is 6.70. The fourth-order valence-corrected chi connectivity index (χ4v) is 4.99. The van der Waals surface area contributed by atoms with E-state index >= 15 is 0 Å².